The molecule has 2 rings (SSSR count). The van der Waals surface area contributed by atoms with Crippen molar-refractivity contribution < 1.29 is 17.9 Å². The molecule has 9 heteroatoms. The Labute approximate surface area is 187 Å². The highest BCUT2D eigenvalue weighted by Gasteiger charge is 2.19. The summed E-state index contributed by atoms with van der Waals surface area (Å²) in [5.74, 6) is 2.01. The minimum absolute atomic E-state index is 0. The highest BCUT2D eigenvalue weighted by atomic mass is 127. The van der Waals surface area contributed by atoms with E-state index in [1.807, 2.05) is 13.8 Å². The molecule has 0 aliphatic rings. The summed E-state index contributed by atoms with van der Waals surface area (Å²) >= 11 is 0. The van der Waals surface area contributed by atoms with E-state index in [0.29, 0.717) is 30.5 Å². The van der Waals surface area contributed by atoms with Crippen molar-refractivity contribution in [1.82, 2.24) is 15.6 Å². The molecule has 1 aromatic carbocycles. The zero-order valence-corrected chi connectivity index (χ0v) is 19.7. The van der Waals surface area contributed by atoms with Crippen molar-refractivity contribution in [1.29, 1.82) is 0 Å². The second-order valence-electron chi connectivity index (χ2n) is 7.41. The minimum Gasteiger partial charge on any atom is -0.443 e. The molecule has 162 valence electrons. The van der Waals surface area contributed by atoms with E-state index in [4.69, 9.17) is 4.42 Å². The molecule has 0 amide bonds. The van der Waals surface area contributed by atoms with Crippen molar-refractivity contribution in [2.75, 3.05) is 6.54 Å². The maximum absolute atomic E-state index is 12.6. The van der Waals surface area contributed by atoms with Crippen LogP contribution in [-0.2, 0) is 18.5 Å². The van der Waals surface area contributed by atoms with Gasteiger partial charge in [0.2, 0.25) is 5.89 Å². The summed E-state index contributed by atoms with van der Waals surface area (Å²) in [5.41, 5.74) is 1.42. The average Bonchev–Trinajstić information content (AvgIpc) is 3.08. The lowest BCUT2D eigenvalue weighted by molar-refractivity contribution is -0.0504. The molecule has 2 N–H and O–H groups in total. The van der Waals surface area contributed by atoms with Crippen LogP contribution in [0.1, 0.15) is 50.5 Å². The van der Waals surface area contributed by atoms with Gasteiger partial charge in [-0.3, -0.25) is 0 Å². The summed E-state index contributed by atoms with van der Waals surface area (Å²) in [5, 5.41) is 6.26. The fraction of sp³-hybridized carbons (Fsp3) is 0.500. The number of aryl methyl sites for hydroxylation is 1. The molecule has 0 atom stereocenters. The minimum atomic E-state index is -2.88. The van der Waals surface area contributed by atoms with Crippen molar-refractivity contribution in [2.45, 2.75) is 59.7 Å². The van der Waals surface area contributed by atoms with E-state index >= 15 is 0 Å². The van der Waals surface area contributed by atoms with Gasteiger partial charge in [-0.25, -0.2) is 9.98 Å². The van der Waals surface area contributed by atoms with E-state index in [-0.39, 0.29) is 41.7 Å². The molecule has 0 saturated heterocycles. The smallest absolute Gasteiger partial charge is 0.387 e. The molecule has 2 aromatic rings. The van der Waals surface area contributed by atoms with Crippen molar-refractivity contribution in [3.63, 3.8) is 0 Å². The number of nitrogens with one attached hydrogen (secondary N) is 2. The molecule has 1 aromatic heterocycles. The van der Waals surface area contributed by atoms with E-state index in [9.17, 15) is 8.78 Å². The zero-order valence-electron chi connectivity index (χ0n) is 17.4. The monoisotopic (exact) mass is 522 g/mol. The van der Waals surface area contributed by atoms with Gasteiger partial charge in [-0.1, -0.05) is 38.5 Å². The summed E-state index contributed by atoms with van der Waals surface area (Å²) in [6.07, 6.45) is 1.72. The highest BCUT2D eigenvalue weighted by Crippen LogP contribution is 2.23. The van der Waals surface area contributed by atoms with E-state index in [2.05, 4.69) is 46.1 Å². The first kappa shape index (κ1) is 25.1. The van der Waals surface area contributed by atoms with Crippen molar-refractivity contribution in [2.24, 2.45) is 4.99 Å². The number of nitrogens with zero attached hydrogens (tertiary/aromatic N) is 2. The summed E-state index contributed by atoms with van der Waals surface area (Å²) in [6.45, 7) is 8.31. The number of hydrogen-bond acceptors (Lipinski definition) is 4. The number of halogens is 3. The third-order valence-corrected chi connectivity index (χ3v) is 3.88. The molecule has 0 saturated carbocycles. The van der Waals surface area contributed by atoms with Gasteiger partial charge in [0.1, 0.15) is 11.5 Å². The molecule has 0 unspecified atom stereocenters. The predicted molar refractivity (Wildman–Crippen MR) is 120 cm³/mol. The molecule has 1 heterocycles. The van der Waals surface area contributed by atoms with Gasteiger partial charge in [0.15, 0.2) is 5.96 Å². The lowest BCUT2D eigenvalue weighted by Crippen LogP contribution is -2.36. The number of benzene rings is 1. The van der Waals surface area contributed by atoms with E-state index in [1.54, 1.807) is 18.3 Å². The topological polar surface area (TPSA) is 71.7 Å². The molecule has 0 spiro atoms. The summed E-state index contributed by atoms with van der Waals surface area (Å²) in [6, 6.07) is 5.05. The van der Waals surface area contributed by atoms with E-state index < -0.39 is 6.61 Å². The highest BCUT2D eigenvalue weighted by molar-refractivity contribution is 14.0. The van der Waals surface area contributed by atoms with Crippen LogP contribution in [0.2, 0.25) is 0 Å². The van der Waals surface area contributed by atoms with Gasteiger partial charge in [0.05, 0.1) is 19.3 Å². The quantitative estimate of drug-likeness (QED) is 0.312. The molecule has 0 bridgehead atoms. The van der Waals surface area contributed by atoms with Crippen LogP contribution < -0.4 is 15.4 Å². The Kier molecular flexibility index (Phi) is 9.81. The Bertz CT molecular complexity index is 804. The number of aromatic nitrogens is 1. The number of rotatable bonds is 7. The summed E-state index contributed by atoms with van der Waals surface area (Å²) in [4.78, 5) is 8.74. The molecular formula is C20H29F2IN4O2. The van der Waals surface area contributed by atoms with E-state index in [0.717, 1.165) is 11.3 Å². The van der Waals surface area contributed by atoms with Crippen LogP contribution in [0.4, 0.5) is 8.78 Å². The fourth-order valence-electron chi connectivity index (χ4n) is 2.45. The maximum Gasteiger partial charge on any atom is 0.387 e. The van der Waals surface area contributed by atoms with Gasteiger partial charge in [-0.2, -0.15) is 8.78 Å². The second-order valence-corrected chi connectivity index (χ2v) is 7.41. The van der Waals surface area contributed by atoms with Gasteiger partial charge in [0.25, 0.3) is 0 Å². The van der Waals surface area contributed by atoms with Crippen LogP contribution in [0.25, 0.3) is 0 Å². The van der Waals surface area contributed by atoms with Crippen LogP contribution in [-0.4, -0.2) is 24.1 Å². The molecule has 6 nitrogen and oxygen atoms in total. The summed E-state index contributed by atoms with van der Waals surface area (Å²) < 4.78 is 35.6. The third-order valence-electron chi connectivity index (χ3n) is 3.88. The number of guanidine groups is 1. The van der Waals surface area contributed by atoms with Gasteiger partial charge in [-0.15, -0.1) is 24.0 Å². The van der Waals surface area contributed by atoms with Gasteiger partial charge < -0.3 is 19.8 Å². The van der Waals surface area contributed by atoms with Crippen molar-refractivity contribution >= 4 is 29.9 Å². The Morgan fingerprint density at radius 3 is 2.59 bits per heavy atom. The Hall–Kier alpha value is -1.91. The van der Waals surface area contributed by atoms with Gasteiger partial charge in [0, 0.05) is 17.5 Å². The standard InChI is InChI=1S/C20H28F2N4O2.HI/c1-6-23-19(26-12-17-24-11-16(28-17)20(3,4)5)25-10-14-9-13(2)7-8-15(14)27-18(21)22;/h7-9,11,18H,6,10,12H2,1-5H3,(H2,23,25,26);1H. The number of aliphatic imine (C=N–C) groups is 1. The second kappa shape index (κ2) is 11.3. The molecular weight excluding hydrogens is 493 g/mol. The number of alkyl halides is 2. The zero-order chi connectivity index (χ0) is 20.7. The lowest BCUT2D eigenvalue weighted by Gasteiger charge is -2.14. The largest absolute Gasteiger partial charge is 0.443 e. The first-order valence-corrected chi connectivity index (χ1v) is 9.20. The van der Waals surface area contributed by atoms with Crippen LogP contribution in [0.3, 0.4) is 0 Å². The first-order chi connectivity index (χ1) is 13.2. The van der Waals surface area contributed by atoms with Crippen molar-refractivity contribution in [3.8, 4) is 5.75 Å². The Balaban J connectivity index is 0.00000420. The first-order valence-electron chi connectivity index (χ1n) is 9.20. The van der Waals surface area contributed by atoms with Crippen LogP contribution in [0, 0.1) is 6.92 Å². The van der Waals surface area contributed by atoms with E-state index in [1.165, 1.54) is 6.07 Å². The Morgan fingerprint density at radius 1 is 1.28 bits per heavy atom. The molecule has 0 fully saturated rings. The van der Waals surface area contributed by atoms with Gasteiger partial charge in [-0.05, 0) is 19.9 Å². The van der Waals surface area contributed by atoms with Gasteiger partial charge >= 0.3 is 6.61 Å². The Morgan fingerprint density at radius 2 is 2.00 bits per heavy atom. The molecule has 0 radical (unpaired) electrons. The third kappa shape index (κ3) is 8.15. The van der Waals surface area contributed by atoms with Crippen molar-refractivity contribution in [3.05, 3.63) is 47.2 Å². The van der Waals surface area contributed by atoms with Crippen LogP contribution in [0.5, 0.6) is 5.75 Å². The van der Waals surface area contributed by atoms with Crippen LogP contribution in [0.15, 0.2) is 33.8 Å². The molecule has 29 heavy (non-hydrogen) atoms. The lowest BCUT2D eigenvalue weighted by atomic mass is 9.94. The molecule has 0 aliphatic carbocycles. The SMILES string of the molecule is CCNC(=NCc1cc(C)ccc1OC(F)F)NCc1ncc(C(C)(C)C)o1.I. The normalized spacial score (nSPS) is 11.9. The number of ether oxygens (including phenoxy) is 1. The summed E-state index contributed by atoms with van der Waals surface area (Å²) in [7, 11) is 0. The number of hydrogen-bond donors (Lipinski definition) is 2. The maximum atomic E-state index is 12.6. The fourth-order valence-corrected chi connectivity index (χ4v) is 2.45. The number of oxazole rings is 1. The predicted octanol–water partition coefficient (Wildman–Crippen LogP) is 4.76. The van der Waals surface area contributed by atoms with Crippen LogP contribution >= 0.6 is 24.0 Å². The average molecular weight is 522 g/mol. The molecule has 0 aliphatic heterocycles.